The van der Waals surface area contributed by atoms with Crippen molar-refractivity contribution < 1.29 is 14.3 Å². The third-order valence-electron chi connectivity index (χ3n) is 3.64. The van der Waals surface area contributed by atoms with Crippen molar-refractivity contribution in [1.29, 1.82) is 0 Å². The molecule has 122 valence electrons. The van der Waals surface area contributed by atoms with Crippen LogP contribution < -0.4 is 5.32 Å². The SMILES string of the molecule is COCCOC1CCC(NC(=O)c2cc(Cl)cc(Cl)n2)CC1. The number of rotatable bonds is 6. The number of hydrogen-bond donors (Lipinski definition) is 1. The summed E-state index contributed by atoms with van der Waals surface area (Å²) in [6.45, 7) is 1.22. The number of methoxy groups -OCH3 is 1. The van der Waals surface area contributed by atoms with E-state index in [1.54, 1.807) is 7.11 Å². The molecule has 7 heteroatoms. The van der Waals surface area contributed by atoms with E-state index in [2.05, 4.69) is 10.3 Å². The molecule has 1 aromatic rings. The van der Waals surface area contributed by atoms with Gasteiger partial charge in [0.2, 0.25) is 0 Å². The van der Waals surface area contributed by atoms with Gasteiger partial charge in [0.15, 0.2) is 0 Å². The first-order chi connectivity index (χ1) is 10.6. The number of carbonyl (C=O) groups is 1. The Kier molecular flexibility index (Phi) is 6.89. The van der Waals surface area contributed by atoms with Gasteiger partial charge in [0.05, 0.1) is 19.3 Å². The second-order valence-electron chi connectivity index (χ2n) is 5.30. The van der Waals surface area contributed by atoms with Gasteiger partial charge < -0.3 is 14.8 Å². The van der Waals surface area contributed by atoms with E-state index in [0.717, 1.165) is 25.7 Å². The van der Waals surface area contributed by atoms with Crippen molar-refractivity contribution in [3.8, 4) is 0 Å². The zero-order chi connectivity index (χ0) is 15.9. The quantitative estimate of drug-likeness (QED) is 0.635. The summed E-state index contributed by atoms with van der Waals surface area (Å²) in [5.74, 6) is -0.242. The topological polar surface area (TPSA) is 60.5 Å². The number of nitrogens with one attached hydrogen (secondary N) is 1. The van der Waals surface area contributed by atoms with E-state index in [9.17, 15) is 4.79 Å². The Balaban J connectivity index is 1.79. The van der Waals surface area contributed by atoms with Crippen molar-refractivity contribution in [3.63, 3.8) is 0 Å². The van der Waals surface area contributed by atoms with Crippen LogP contribution in [0.2, 0.25) is 10.2 Å². The molecule has 0 unspecified atom stereocenters. The minimum atomic E-state index is -0.242. The van der Waals surface area contributed by atoms with Crippen molar-refractivity contribution in [2.24, 2.45) is 0 Å². The van der Waals surface area contributed by atoms with E-state index in [1.807, 2.05) is 0 Å². The lowest BCUT2D eigenvalue weighted by Crippen LogP contribution is -2.39. The highest BCUT2D eigenvalue weighted by Crippen LogP contribution is 2.22. The molecule has 0 atom stereocenters. The first kappa shape index (κ1) is 17.5. The molecule has 0 aromatic carbocycles. The summed E-state index contributed by atoms with van der Waals surface area (Å²) in [4.78, 5) is 16.2. The molecule has 2 rings (SSSR count). The highest BCUT2D eigenvalue weighted by atomic mass is 35.5. The molecular weight excluding hydrogens is 327 g/mol. The molecule has 0 bridgehead atoms. The predicted molar refractivity (Wildman–Crippen MR) is 85.6 cm³/mol. The molecule has 5 nitrogen and oxygen atoms in total. The van der Waals surface area contributed by atoms with Gasteiger partial charge >= 0.3 is 0 Å². The lowest BCUT2D eigenvalue weighted by Gasteiger charge is -2.29. The van der Waals surface area contributed by atoms with Crippen LogP contribution in [-0.4, -0.2) is 43.4 Å². The maximum Gasteiger partial charge on any atom is 0.270 e. The van der Waals surface area contributed by atoms with E-state index in [0.29, 0.717) is 18.2 Å². The van der Waals surface area contributed by atoms with E-state index in [4.69, 9.17) is 32.7 Å². The summed E-state index contributed by atoms with van der Waals surface area (Å²) < 4.78 is 10.7. The zero-order valence-electron chi connectivity index (χ0n) is 12.5. The Labute approximate surface area is 140 Å². The van der Waals surface area contributed by atoms with Gasteiger partial charge in [0.1, 0.15) is 10.8 Å². The number of carbonyl (C=O) groups excluding carboxylic acids is 1. The third kappa shape index (κ3) is 5.39. The van der Waals surface area contributed by atoms with E-state index in [1.165, 1.54) is 12.1 Å². The van der Waals surface area contributed by atoms with Crippen molar-refractivity contribution in [2.45, 2.75) is 37.8 Å². The number of halogens is 2. The van der Waals surface area contributed by atoms with Gasteiger partial charge in [-0.15, -0.1) is 0 Å². The molecule has 1 heterocycles. The number of pyridine rings is 1. The highest BCUT2D eigenvalue weighted by molar-refractivity contribution is 6.34. The van der Waals surface area contributed by atoms with Crippen LogP contribution in [0.4, 0.5) is 0 Å². The van der Waals surface area contributed by atoms with Gasteiger partial charge in [-0.1, -0.05) is 23.2 Å². The first-order valence-corrected chi connectivity index (χ1v) is 8.08. The maximum atomic E-state index is 12.2. The minimum absolute atomic E-state index is 0.134. The molecule has 1 saturated carbocycles. The van der Waals surface area contributed by atoms with Crippen molar-refractivity contribution >= 4 is 29.1 Å². The molecule has 0 aliphatic heterocycles. The van der Waals surface area contributed by atoms with Crippen molar-refractivity contribution in [2.75, 3.05) is 20.3 Å². The number of amides is 1. The van der Waals surface area contributed by atoms with Gasteiger partial charge in [0, 0.05) is 18.2 Å². The summed E-state index contributed by atoms with van der Waals surface area (Å²) in [5, 5.41) is 3.60. The molecule has 0 spiro atoms. The predicted octanol–water partition coefficient (Wildman–Crippen LogP) is 3.09. The second kappa shape index (κ2) is 8.67. The van der Waals surface area contributed by atoms with Crippen LogP contribution in [0.5, 0.6) is 0 Å². The smallest absolute Gasteiger partial charge is 0.270 e. The fraction of sp³-hybridized carbons (Fsp3) is 0.600. The monoisotopic (exact) mass is 346 g/mol. The number of hydrogen-bond acceptors (Lipinski definition) is 4. The average Bonchev–Trinajstić information content (AvgIpc) is 2.48. The Morgan fingerprint density at radius 2 is 2.00 bits per heavy atom. The average molecular weight is 347 g/mol. The van der Waals surface area contributed by atoms with E-state index < -0.39 is 0 Å². The summed E-state index contributed by atoms with van der Waals surface area (Å²) in [6, 6.07) is 3.15. The standard InChI is InChI=1S/C15H20Cl2N2O3/c1-21-6-7-22-12-4-2-11(3-5-12)18-15(20)13-8-10(16)9-14(17)19-13/h8-9,11-12H,2-7H2,1H3,(H,18,20). The summed E-state index contributed by atoms with van der Waals surface area (Å²) in [6.07, 6.45) is 3.88. The molecular formula is C15H20Cl2N2O3. The van der Waals surface area contributed by atoms with Gasteiger partial charge in [-0.25, -0.2) is 4.98 Å². The van der Waals surface area contributed by atoms with Gasteiger partial charge in [0.25, 0.3) is 5.91 Å². The van der Waals surface area contributed by atoms with Crippen LogP contribution in [-0.2, 0) is 9.47 Å². The molecule has 22 heavy (non-hydrogen) atoms. The van der Waals surface area contributed by atoms with Gasteiger partial charge in [-0.3, -0.25) is 4.79 Å². The Hall–Kier alpha value is -0.880. The molecule has 0 radical (unpaired) electrons. The summed E-state index contributed by atoms with van der Waals surface area (Å²) in [7, 11) is 1.66. The third-order valence-corrected chi connectivity index (χ3v) is 4.05. The Morgan fingerprint density at radius 1 is 1.27 bits per heavy atom. The maximum absolute atomic E-state index is 12.2. The summed E-state index contributed by atoms with van der Waals surface area (Å²) in [5.41, 5.74) is 0.246. The van der Waals surface area contributed by atoms with E-state index >= 15 is 0 Å². The van der Waals surface area contributed by atoms with Crippen molar-refractivity contribution in [1.82, 2.24) is 10.3 Å². The van der Waals surface area contributed by atoms with Gasteiger partial charge in [-0.05, 0) is 37.8 Å². The number of ether oxygens (including phenoxy) is 2. The highest BCUT2D eigenvalue weighted by Gasteiger charge is 2.23. The van der Waals surface area contributed by atoms with Crippen LogP contribution in [0.3, 0.4) is 0 Å². The first-order valence-electron chi connectivity index (χ1n) is 7.33. The normalized spacial score (nSPS) is 21.6. The van der Waals surface area contributed by atoms with Crippen LogP contribution in [0, 0.1) is 0 Å². The lowest BCUT2D eigenvalue weighted by atomic mass is 9.93. The second-order valence-corrected chi connectivity index (χ2v) is 6.13. The van der Waals surface area contributed by atoms with Crippen LogP contribution >= 0.6 is 23.2 Å². The minimum Gasteiger partial charge on any atom is -0.382 e. The molecule has 0 saturated heterocycles. The molecule has 1 aromatic heterocycles. The summed E-state index contributed by atoms with van der Waals surface area (Å²) >= 11 is 11.7. The fourth-order valence-corrected chi connectivity index (χ4v) is 2.98. The fourth-order valence-electron chi connectivity index (χ4n) is 2.51. The van der Waals surface area contributed by atoms with Crippen molar-refractivity contribution in [3.05, 3.63) is 28.0 Å². The molecule has 1 fully saturated rings. The van der Waals surface area contributed by atoms with Gasteiger partial charge in [-0.2, -0.15) is 0 Å². The zero-order valence-corrected chi connectivity index (χ0v) is 14.0. The molecule has 1 aliphatic carbocycles. The molecule has 1 N–H and O–H groups in total. The Bertz CT molecular complexity index is 485. The largest absolute Gasteiger partial charge is 0.382 e. The Morgan fingerprint density at radius 3 is 2.64 bits per heavy atom. The van der Waals surface area contributed by atoms with Crippen LogP contribution in [0.15, 0.2) is 12.1 Å². The number of aromatic nitrogens is 1. The van der Waals surface area contributed by atoms with Crippen LogP contribution in [0.1, 0.15) is 36.2 Å². The molecule has 1 aliphatic rings. The van der Waals surface area contributed by atoms with E-state index in [-0.39, 0.29) is 28.9 Å². The number of nitrogens with zero attached hydrogens (tertiary/aromatic N) is 1. The lowest BCUT2D eigenvalue weighted by molar-refractivity contribution is -0.00409. The van der Waals surface area contributed by atoms with Crippen LogP contribution in [0.25, 0.3) is 0 Å². The molecule has 1 amide bonds.